The molecule has 0 aromatic carbocycles. The fraction of sp³-hybridized carbons (Fsp3) is 1.00. The van der Waals surface area contributed by atoms with E-state index in [1.54, 1.807) is 0 Å². The third kappa shape index (κ3) is 3.43. The maximum atomic E-state index is 10.6. The Morgan fingerprint density at radius 2 is 1.38 bits per heavy atom. The SMILES string of the molecule is OC[C@@H]1O[C@H](O)[C@H](NC2C3CCCCC3NC3CCCCC32)[C@H](O)[C@@H]1O. The fourth-order valence-corrected chi connectivity index (χ4v) is 5.93. The highest BCUT2D eigenvalue weighted by atomic mass is 16.6. The average molecular weight is 370 g/mol. The van der Waals surface area contributed by atoms with E-state index < -0.39 is 37.3 Å². The lowest BCUT2D eigenvalue weighted by molar-refractivity contribution is -0.257. The van der Waals surface area contributed by atoms with Gasteiger partial charge in [0.05, 0.1) is 12.6 Å². The molecule has 2 heterocycles. The molecule has 0 aromatic rings. The van der Waals surface area contributed by atoms with Crippen LogP contribution in [0.5, 0.6) is 0 Å². The van der Waals surface area contributed by atoms with Gasteiger partial charge >= 0.3 is 0 Å². The zero-order valence-corrected chi connectivity index (χ0v) is 15.3. The van der Waals surface area contributed by atoms with Crippen LogP contribution in [0.25, 0.3) is 0 Å². The summed E-state index contributed by atoms with van der Waals surface area (Å²) in [5.74, 6) is 0.963. The Hall–Kier alpha value is -0.280. The van der Waals surface area contributed by atoms with Gasteiger partial charge in [-0.15, -0.1) is 0 Å². The zero-order chi connectivity index (χ0) is 18.3. The van der Waals surface area contributed by atoms with Crippen LogP contribution in [0.1, 0.15) is 51.4 Å². The van der Waals surface area contributed by atoms with Gasteiger partial charge in [0.2, 0.25) is 0 Å². The van der Waals surface area contributed by atoms with Crippen LogP contribution < -0.4 is 10.6 Å². The molecule has 0 bridgehead atoms. The molecule has 7 heteroatoms. The first-order valence-corrected chi connectivity index (χ1v) is 10.4. The minimum Gasteiger partial charge on any atom is -0.394 e. The van der Waals surface area contributed by atoms with Crippen molar-refractivity contribution in [1.29, 1.82) is 0 Å². The van der Waals surface area contributed by atoms with Crippen molar-refractivity contribution in [2.45, 2.75) is 100 Å². The maximum Gasteiger partial charge on any atom is 0.173 e. The van der Waals surface area contributed by atoms with Crippen molar-refractivity contribution in [2.24, 2.45) is 11.8 Å². The molecule has 4 rings (SSSR count). The third-order valence-corrected chi connectivity index (χ3v) is 7.27. The van der Waals surface area contributed by atoms with Crippen molar-refractivity contribution in [2.75, 3.05) is 6.61 Å². The molecule has 0 aromatic heterocycles. The van der Waals surface area contributed by atoms with Gasteiger partial charge in [-0.05, 0) is 37.5 Å². The number of rotatable bonds is 3. The van der Waals surface area contributed by atoms with Crippen LogP contribution >= 0.6 is 0 Å². The molecule has 0 radical (unpaired) electrons. The van der Waals surface area contributed by atoms with Crippen LogP contribution in [0.4, 0.5) is 0 Å². The first-order valence-electron chi connectivity index (χ1n) is 10.4. The largest absolute Gasteiger partial charge is 0.394 e. The van der Waals surface area contributed by atoms with Crippen molar-refractivity contribution in [1.82, 2.24) is 10.6 Å². The Morgan fingerprint density at radius 1 is 0.808 bits per heavy atom. The van der Waals surface area contributed by atoms with E-state index in [4.69, 9.17) is 4.74 Å². The predicted octanol–water partition coefficient (Wildman–Crippen LogP) is -0.535. The van der Waals surface area contributed by atoms with Crippen LogP contribution in [0.2, 0.25) is 0 Å². The average Bonchev–Trinajstić information content (AvgIpc) is 2.67. The van der Waals surface area contributed by atoms with Gasteiger partial charge in [0, 0.05) is 18.1 Å². The number of hydrogen-bond acceptors (Lipinski definition) is 7. The van der Waals surface area contributed by atoms with Crippen molar-refractivity contribution >= 4 is 0 Å². The van der Waals surface area contributed by atoms with Gasteiger partial charge in [0.1, 0.15) is 18.3 Å². The smallest absolute Gasteiger partial charge is 0.173 e. The summed E-state index contributed by atoms with van der Waals surface area (Å²) in [4.78, 5) is 0. The van der Waals surface area contributed by atoms with Gasteiger partial charge in [0.25, 0.3) is 0 Å². The van der Waals surface area contributed by atoms with Gasteiger partial charge in [-0.3, -0.25) is 0 Å². The molecule has 4 aliphatic rings. The molecule has 4 unspecified atom stereocenters. The van der Waals surface area contributed by atoms with Crippen molar-refractivity contribution in [3.63, 3.8) is 0 Å². The normalized spacial score (nSPS) is 52.2. The standard InChI is InChI=1S/C19H34N2O5/c22-9-14-17(23)18(24)16(19(25)26-14)21-15-10-5-1-3-7-12(10)20-13-8-4-2-6-11(13)15/h10-25H,1-9H2/t10?,11?,12?,13?,14-,15?,16+,17+,18-,19-/m0/s1. The number of aliphatic hydroxyl groups excluding tert-OH is 4. The molecule has 0 amide bonds. The summed E-state index contributed by atoms with van der Waals surface area (Å²) in [7, 11) is 0. The highest BCUT2D eigenvalue weighted by molar-refractivity contribution is 5.05. The van der Waals surface area contributed by atoms with E-state index in [9.17, 15) is 20.4 Å². The summed E-state index contributed by atoms with van der Waals surface area (Å²) < 4.78 is 5.36. The Bertz CT molecular complexity index is 459. The third-order valence-electron chi connectivity index (χ3n) is 7.27. The minimum atomic E-state index is -1.23. The van der Waals surface area contributed by atoms with Crippen LogP contribution in [-0.2, 0) is 4.74 Å². The van der Waals surface area contributed by atoms with Crippen LogP contribution in [-0.4, -0.2) is 75.8 Å². The zero-order valence-electron chi connectivity index (χ0n) is 15.3. The molecule has 9 atom stereocenters. The van der Waals surface area contributed by atoms with E-state index in [0.29, 0.717) is 23.9 Å². The Labute approximate surface area is 155 Å². The summed E-state index contributed by atoms with van der Waals surface area (Å²) in [6, 6.07) is 0.465. The molecule has 2 aliphatic heterocycles. The summed E-state index contributed by atoms with van der Waals surface area (Å²) in [5, 5.41) is 47.9. The van der Waals surface area contributed by atoms with Gasteiger partial charge < -0.3 is 35.8 Å². The molecule has 2 aliphatic carbocycles. The van der Waals surface area contributed by atoms with Crippen molar-refractivity contribution < 1.29 is 25.2 Å². The molecule has 2 saturated carbocycles. The Balaban J connectivity index is 1.53. The second kappa shape index (κ2) is 7.99. The monoisotopic (exact) mass is 370 g/mol. The molecule has 7 nitrogen and oxygen atoms in total. The van der Waals surface area contributed by atoms with Crippen molar-refractivity contribution in [3.8, 4) is 0 Å². The summed E-state index contributed by atoms with van der Waals surface area (Å²) in [6.07, 6.45) is 5.10. The highest BCUT2D eigenvalue weighted by Gasteiger charge is 2.50. The van der Waals surface area contributed by atoms with E-state index in [1.165, 1.54) is 38.5 Å². The molecule has 150 valence electrons. The van der Waals surface area contributed by atoms with Gasteiger partial charge in [-0.2, -0.15) is 0 Å². The number of hydrogen-bond donors (Lipinski definition) is 6. The Kier molecular flexibility index (Phi) is 5.86. The van der Waals surface area contributed by atoms with Gasteiger partial charge in [-0.1, -0.05) is 25.7 Å². The van der Waals surface area contributed by atoms with E-state index in [1.807, 2.05) is 0 Å². The highest BCUT2D eigenvalue weighted by Crippen LogP contribution is 2.41. The molecular weight excluding hydrogens is 336 g/mol. The molecular formula is C19H34N2O5. The fourth-order valence-electron chi connectivity index (χ4n) is 5.93. The first-order chi connectivity index (χ1) is 12.6. The second-order valence-corrected chi connectivity index (χ2v) is 8.72. The predicted molar refractivity (Wildman–Crippen MR) is 95.3 cm³/mol. The molecule has 26 heavy (non-hydrogen) atoms. The van der Waals surface area contributed by atoms with E-state index in [2.05, 4.69) is 10.6 Å². The minimum absolute atomic E-state index is 0.211. The molecule has 0 spiro atoms. The summed E-state index contributed by atoms with van der Waals surface area (Å²) in [6.45, 7) is -0.426. The maximum absolute atomic E-state index is 10.6. The van der Waals surface area contributed by atoms with E-state index in [-0.39, 0.29) is 6.04 Å². The number of aliphatic hydroxyl groups is 4. The lowest BCUT2D eigenvalue weighted by Gasteiger charge is -2.54. The van der Waals surface area contributed by atoms with E-state index in [0.717, 1.165) is 12.8 Å². The van der Waals surface area contributed by atoms with Gasteiger partial charge in [-0.25, -0.2) is 0 Å². The topological polar surface area (TPSA) is 114 Å². The first kappa shape index (κ1) is 19.1. The molecule has 2 saturated heterocycles. The lowest BCUT2D eigenvalue weighted by Crippen LogP contribution is -2.70. The van der Waals surface area contributed by atoms with Crippen LogP contribution in [0, 0.1) is 11.8 Å². The summed E-state index contributed by atoms with van der Waals surface area (Å²) in [5.41, 5.74) is 0. The van der Waals surface area contributed by atoms with Crippen LogP contribution in [0.3, 0.4) is 0 Å². The number of piperidine rings is 1. The Morgan fingerprint density at radius 3 is 1.96 bits per heavy atom. The van der Waals surface area contributed by atoms with Gasteiger partial charge in [0.15, 0.2) is 6.29 Å². The second-order valence-electron chi connectivity index (χ2n) is 8.72. The lowest BCUT2D eigenvalue weighted by atomic mass is 9.65. The number of nitrogens with one attached hydrogen (secondary N) is 2. The molecule has 4 fully saturated rings. The number of ether oxygens (including phenoxy) is 1. The quantitative estimate of drug-likeness (QED) is 0.396. The summed E-state index contributed by atoms with van der Waals surface area (Å²) >= 11 is 0. The van der Waals surface area contributed by atoms with Crippen molar-refractivity contribution in [3.05, 3.63) is 0 Å². The molecule has 6 N–H and O–H groups in total. The van der Waals surface area contributed by atoms with E-state index >= 15 is 0 Å². The van der Waals surface area contributed by atoms with Crippen LogP contribution in [0.15, 0.2) is 0 Å². The number of fused-ring (bicyclic) bond motifs is 2.